The van der Waals surface area contributed by atoms with Crippen molar-refractivity contribution in [1.29, 1.82) is 0 Å². The molecule has 18 heavy (non-hydrogen) atoms. The number of carbonyl (C=O) groups is 3. The number of hydrogen-bond donors (Lipinski definition) is 0. The Bertz CT molecular complexity index is 287. The van der Waals surface area contributed by atoms with Gasteiger partial charge in [-0.25, -0.2) is 4.79 Å². The molecule has 7 nitrogen and oxygen atoms in total. The van der Waals surface area contributed by atoms with Gasteiger partial charge in [0, 0.05) is 13.5 Å². The lowest BCUT2D eigenvalue weighted by molar-refractivity contribution is -0.154. The van der Waals surface area contributed by atoms with Crippen LogP contribution in [-0.4, -0.2) is 50.9 Å². The van der Waals surface area contributed by atoms with Crippen LogP contribution in [0.15, 0.2) is 0 Å². The molecule has 0 N–H and O–H groups in total. The summed E-state index contributed by atoms with van der Waals surface area (Å²) >= 11 is 0. The summed E-state index contributed by atoms with van der Waals surface area (Å²) in [4.78, 5) is 32.6. The van der Waals surface area contributed by atoms with Crippen LogP contribution >= 0.6 is 0 Å². The van der Waals surface area contributed by atoms with Gasteiger partial charge < -0.3 is 18.9 Å². The third kappa shape index (κ3) is 8.51. The first-order valence-electron chi connectivity index (χ1n) is 5.47. The number of esters is 1. The predicted octanol–water partition coefficient (Wildman–Crippen LogP) is 0.697. The Morgan fingerprint density at radius 2 is 1.78 bits per heavy atom. The second kappa shape index (κ2) is 9.41. The molecule has 0 aromatic rings. The lowest BCUT2D eigenvalue weighted by atomic mass is 10.4. The van der Waals surface area contributed by atoms with Crippen LogP contribution in [0, 0.1) is 0 Å². The minimum atomic E-state index is -0.987. The molecule has 0 radical (unpaired) electrons. The van der Waals surface area contributed by atoms with Gasteiger partial charge >= 0.3 is 12.1 Å². The summed E-state index contributed by atoms with van der Waals surface area (Å²) in [6.07, 6.45) is -1.46. The minimum absolute atomic E-state index is 0.103. The number of hydrogen-bond acceptors (Lipinski definition) is 7. The van der Waals surface area contributed by atoms with E-state index in [2.05, 4.69) is 9.47 Å². The summed E-state index contributed by atoms with van der Waals surface area (Å²) in [5, 5.41) is 0. The summed E-state index contributed by atoms with van der Waals surface area (Å²) < 4.78 is 18.9. The SMILES string of the molecule is CCC(=O)OC(COC)COC(=O)OCC(C)=O. The van der Waals surface area contributed by atoms with E-state index in [1.54, 1.807) is 6.92 Å². The van der Waals surface area contributed by atoms with Gasteiger partial charge in [-0.15, -0.1) is 0 Å². The van der Waals surface area contributed by atoms with Crippen LogP contribution in [0.2, 0.25) is 0 Å². The summed E-state index contributed by atoms with van der Waals surface area (Å²) in [6.45, 7) is 2.50. The quantitative estimate of drug-likeness (QED) is 0.595. The van der Waals surface area contributed by atoms with E-state index >= 15 is 0 Å². The number of rotatable bonds is 8. The van der Waals surface area contributed by atoms with Gasteiger partial charge in [0.15, 0.2) is 18.5 Å². The molecule has 1 unspecified atom stereocenters. The van der Waals surface area contributed by atoms with Crippen molar-refractivity contribution in [1.82, 2.24) is 0 Å². The Morgan fingerprint density at radius 1 is 1.11 bits per heavy atom. The van der Waals surface area contributed by atoms with Crippen LogP contribution < -0.4 is 0 Å². The predicted molar refractivity (Wildman–Crippen MR) is 60.0 cm³/mol. The van der Waals surface area contributed by atoms with E-state index in [0.717, 1.165) is 0 Å². The third-order valence-corrected chi connectivity index (χ3v) is 1.72. The molecule has 0 aliphatic heterocycles. The van der Waals surface area contributed by atoms with E-state index in [1.807, 2.05) is 0 Å². The fraction of sp³-hybridized carbons (Fsp3) is 0.727. The van der Waals surface area contributed by atoms with Gasteiger partial charge in [0.2, 0.25) is 0 Å². The van der Waals surface area contributed by atoms with Crippen LogP contribution in [0.3, 0.4) is 0 Å². The molecule has 7 heteroatoms. The molecule has 1 atom stereocenters. The highest BCUT2D eigenvalue weighted by Crippen LogP contribution is 1.99. The molecule has 0 spiro atoms. The Labute approximate surface area is 105 Å². The van der Waals surface area contributed by atoms with Crippen molar-refractivity contribution in [2.45, 2.75) is 26.4 Å². The summed E-state index contributed by atoms with van der Waals surface area (Å²) in [5.74, 6) is -0.712. The first-order valence-corrected chi connectivity index (χ1v) is 5.47. The minimum Gasteiger partial charge on any atom is -0.456 e. The van der Waals surface area contributed by atoms with E-state index in [0.29, 0.717) is 0 Å². The maximum absolute atomic E-state index is 11.1. The molecular weight excluding hydrogens is 244 g/mol. The Balaban J connectivity index is 3.98. The van der Waals surface area contributed by atoms with E-state index in [-0.39, 0.29) is 32.0 Å². The van der Waals surface area contributed by atoms with Gasteiger partial charge in [-0.2, -0.15) is 0 Å². The molecule has 0 amide bonds. The zero-order valence-corrected chi connectivity index (χ0v) is 10.8. The van der Waals surface area contributed by atoms with Gasteiger partial charge in [0.25, 0.3) is 0 Å². The highest BCUT2D eigenvalue weighted by atomic mass is 16.7. The molecule has 0 aromatic carbocycles. The third-order valence-electron chi connectivity index (χ3n) is 1.72. The first kappa shape index (κ1) is 16.4. The first-order chi connectivity index (χ1) is 8.49. The van der Waals surface area contributed by atoms with Crippen molar-refractivity contribution in [2.75, 3.05) is 26.9 Å². The molecule has 0 aromatic heterocycles. The van der Waals surface area contributed by atoms with Crippen LogP contribution in [0.4, 0.5) is 4.79 Å². The molecule has 0 fully saturated rings. The number of ether oxygens (including phenoxy) is 4. The summed E-state index contributed by atoms with van der Waals surface area (Å²) in [7, 11) is 1.43. The monoisotopic (exact) mass is 262 g/mol. The van der Waals surface area contributed by atoms with Gasteiger partial charge in [-0.3, -0.25) is 9.59 Å². The highest BCUT2D eigenvalue weighted by Gasteiger charge is 2.16. The zero-order valence-electron chi connectivity index (χ0n) is 10.8. The molecule has 0 heterocycles. The maximum Gasteiger partial charge on any atom is 0.508 e. The second-order valence-corrected chi connectivity index (χ2v) is 3.47. The highest BCUT2D eigenvalue weighted by molar-refractivity contribution is 5.78. The lowest BCUT2D eigenvalue weighted by Gasteiger charge is -2.16. The van der Waals surface area contributed by atoms with E-state index in [1.165, 1.54) is 14.0 Å². The van der Waals surface area contributed by atoms with Crippen molar-refractivity contribution >= 4 is 17.9 Å². The normalized spacial score (nSPS) is 11.5. The second-order valence-electron chi connectivity index (χ2n) is 3.47. The summed E-state index contributed by atoms with van der Waals surface area (Å²) in [6, 6.07) is 0. The van der Waals surface area contributed by atoms with Crippen molar-refractivity contribution in [3.05, 3.63) is 0 Å². The Morgan fingerprint density at radius 3 is 2.28 bits per heavy atom. The average Bonchev–Trinajstić information content (AvgIpc) is 2.33. The number of ketones is 1. The number of methoxy groups -OCH3 is 1. The molecule has 0 aliphatic rings. The maximum atomic E-state index is 11.1. The smallest absolute Gasteiger partial charge is 0.456 e. The standard InChI is InChI=1S/C11H18O7/c1-4-10(13)18-9(6-15-3)7-17-11(14)16-5-8(2)12/h9H,4-7H2,1-3H3. The fourth-order valence-electron chi connectivity index (χ4n) is 0.934. The lowest BCUT2D eigenvalue weighted by Crippen LogP contribution is -2.29. The van der Waals surface area contributed by atoms with Crippen molar-refractivity contribution in [3.63, 3.8) is 0 Å². The number of Topliss-reactive ketones (excluding diaryl/α,β-unsaturated/α-hetero) is 1. The molecule has 104 valence electrons. The zero-order chi connectivity index (χ0) is 14.0. The van der Waals surface area contributed by atoms with Crippen LogP contribution in [0.5, 0.6) is 0 Å². The Kier molecular flexibility index (Phi) is 8.55. The fourth-order valence-corrected chi connectivity index (χ4v) is 0.934. The van der Waals surface area contributed by atoms with Gasteiger partial charge in [-0.1, -0.05) is 6.92 Å². The average molecular weight is 262 g/mol. The van der Waals surface area contributed by atoms with E-state index < -0.39 is 18.2 Å². The van der Waals surface area contributed by atoms with Crippen LogP contribution in [0.25, 0.3) is 0 Å². The molecule has 0 saturated carbocycles. The van der Waals surface area contributed by atoms with Crippen molar-refractivity contribution in [2.24, 2.45) is 0 Å². The molecule has 0 aliphatic carbocycles. The molecule has 0 saturated heterocycles. The molecule has 0 bridgehead atoms. The number of carbonyl (C=O) groups excluding carboxylic acids is 3. The van der Waals surface area contributed by atoms with Crippen LogP contribution in [0.1, 0.15) is 20.3 Å². The van der Waals surface area contributed by atoms with Crippen molar-refractivity contribution < 1.29 is 33.3 Å². The largest absolute Gasteiger partial charge is 0.508 e. The van der Waals surface area contributed by atoms with Crippen molar-refractivity contribution in [3.8, 4) is 0 Å². The molecule has 0 rings (SSSR count). The van der Waals surface area contributed by atoms with Gasteiger partial charge in [0.05, 0.1) is 6.61 Å². The Hall–Kier alpha value is -1.63. The van der Waals surface area contributed by atoms with Gasteiger partial charge in [-0.05, 0) is 6.92 Å². The van der Waals surface area contributed by atoms with Gasteiger partial charge in [0.1, 0.15) is 6.61 Å². The van der Waals surface area contributed by atoms with E-state index in [9.17, 15) is 14.4 Å². The van der Waals surface area contributed by atoms with E-state index in [4.69, 9.17) is 9.47 Å². The topological polar surface area (TPSA) is 88.1 Å². The van der Waals surface area contributed by atoms with Crippen LogP contribution in [-0.2, 0) is 28.5 Å². The summed E-state index contributed by atoms with van der Waals surface area (Å²) in [5.41, 5.74) is 0. The molecular formula is C11H18O7.